The molecule has 0 amide bonds. The summed E-state index contributed by atoms with van der Waals surface area (Å²) in [6.07, 6.45) is 3.15. The Balaban J connectivity index is 2.12. The van der Waals surface area contributed by atoms with Gasteiger partial charge in [-0.25, -0.2) is 4.79 Å². The van der Waals surface area contributed by atoms with Crippen LogP contribution < -0.4 is 11.1 Å². The van der Waals surface area contributed by atoms with Crippen LogP contribution in [0.2, 0.25) is 0 Å². The van der Waals surface area contributed by atoms with Crippen LogP contribution >= 0.6 is 0 Å². The van der Waals surface area contributed by atoms with E-state index in [0.717, 1.165) is 19.3 Å². The van der Waals surface area contributed by atoms with E-state index >= 15 is 0 Å². The highest BCUT2D eigenvalue weighted by Gasteiger charge is 2.36. The molecule has 0 saturated heterocycles. The van der Waals surface area contributed by atoms with Crippen LogP contribution in [0.15, 0.2) is 18.2 Å². The first-order chi connectivity index (χ1) is 8.56. The van der Waals surface area contributed by atoms with Gasteiger partial charge in [-0.15, -0.1) is 0 Å². The highest BCUT2D eigenvalue weighted by Crippen LogP contribution is 2.35. The normalized spacial score (nSPS) is 16.9. The molecule has 0 bridgehead atoms. The molecule has 98 valence electrons. The number of ether oxygens (including phenoxy) is 1. The van der Waals surface area contributed by atoms with Crippen molar-refractivity contribution >= 4 is 17.3 Å². The molecule has 0 heterocycles. The fraction of sp³-hybridized carbons (Fsp3) is 0.462. The van der Waals surface area contributed by atoms with E-state index in [4.69, 9.17) is 15.6 Å². The maximum atomic E-state index is 11.1. The van der Waals surface area contributed by atoms with Crippen LogP contribution in [-0.2, 0) is 4.74 Å². The number of nitrogens with two attached hydrogens (primary N) is 1. The van der Waals surface area contributed by atoms with Crippen molar-refractivity contribution in [2.24, 2.45) is 0 Å². The largest absolute Gasteiger partial charge is 0.478 e. The molecule has 1 aromatic rings. The van der Waals surface area contributed by atoms with Gasteiger partial charge in [0.25, 0.3) is 0 Å². The molecule has 0 spiro atoms. The number of carbonyl (C=O) groups is 1. The van der Waals surface area contributed by atoms with Crippen LogP contribution in [0.5, 0.6) is 0 Å². The van der Waals surface area contributed by atoms with Crippen LogP contribution in [0.1, 0.15) is 29.6 Å². The van der Waals surface area contributed by atoms with Gasteiger partial charge in [0, 0.05) is 19.3 Å². The van der Waals surface area contributed by atoms with Crippen molar-refractivity contribution in [2.45, 2.75) is 24.9 Å². The standard InChI is InChI=1S/C13H18N2O3/c1-18-13(5-2-6-13)8-15-11-7-9(14)3-4-10(11)12(16)17/h3-4,7,15H,2,5-6,8,14H2,1H3,(H,16,17). The summed E-state index contributed by atoms with van der Waals surface area (Å²) in [5.41, 5.74) is 6.85. The lowest BCUT2D eigenvalue weighted by Gasteiger charge is -2.40. The average Bonchev–Trinajstić information content (AvgIpc) is 2.28. The van der Waals surface area contributed by atoms with Crippen molar-refractivity contribution in [1.29, 1.82) is 0 Å². The molecule has 1 aromatic carbocycles. The Bertz CT molecular complexity index is 450. The molecular weight excluding hydrogens is 232 g/mol. The summed E-state index contributed by atoms with van der Waals surface area (Å²) in [5, 5.41) is 12.2. The van der Waals surface area contributed by atoms with Crippen molar-refractivity contribution < 1.29 is 14.6 Å². The van der Waals surface area contributed by atoms with Crippen LogP contribution in [0.4, 0.5) is 11.4 Å². The number of benzene rings is 1. The molecule has 0 unspecified atom stereocenters. The second-order valence-corrected chi connectivity index (χ2v) is 4.70. The third-order valence-electron chi connectivity index (χ3n) is 3.57. The van der Waals surface area contributed by atoms with Gasteiger partial charge < -0.3 is 20.9 Å². The molecule has 1 aliphatic carbocycles. The minimum atomic E-state index is -0.961. The van der Waals surface area contributed by atoms with E-state index in [1.165, 1.54) is 6.07 Å². The van der Waals surface area contributed by atoms with E-state index in [1.807, 2.05) is 0 Å². The summed E-state index contributed by atoms with van der Waals surface area (Å²) < 4.78 is 5.48. The Hall–Kier alpha value is -1.75. The van der Waals surface area contributed by atoms with Crippen molar-refractivity contribution in [3.05, 3.63) is 23.8 Å². The zero-order valence-electron chi connectivity index (χ0n) is 10.4. The molecule has 5 nitrogen and oxygen atoms in total. The minimum absolute atomic E-state index is 0.152. The molecule has 5 heteroatoms. The Morgan fingerprint density at radius 1 is 1.56 bits per heavy atom. The van der Waals surface area contributed by atoms with Crippen molar-refractivity contribution in [3.63, 3.8) is 0 Å². The number of methoxy groups -OCH3 is 1. The number of nitrogen functional groups attached to an aromatic ring is 1. The molecule has 4 N–H and O–H groups in total. The van der Waals surface area contributed by atoms with Crippen molar-refractivity contribution in [3.8, 4) is 0 Å². The number of aromatic carboxylic acids is 1. The number of hydrogen-bond acceptors (Lipinski definition) is 4. The van der Waals surface area contributed by atoms with Gasteiger partial charge in [0.15, 0.2) is 0 Å². The SMILES string of the molecule is COC1(CNc2cc(N)ccc2C(=O)O)CCC1. The van der Waals surface area contributed by atoms with Gasteiger partial charge in [-0.05, 0) is 37.5 Å². The second kappa shape index (κ2) is 4.86. The predicted molar refractivity (Wildman–Crippen MR) is 69.9 cm³/mol. The first-order valence-electron chi connectivity index (χ1n) is 5.98. The number of anilines is 2. The Kier molecular flexibility index (Phi) is 3.43. The third-order valence-corrected chi connectivity index (χ3v) is 3.57. The minimum Gasteiger partial charge on any atom is -0.478 e. The van der Waals surface area contributed by atoms with Gasteiger partial charge in [-0.1, -0.05) is 0 Å². The van der Waals surface area contributed by atoms with Crippen LogP contribution in [0, 0.1) is 0 Å². The van der Waals surface area contributed by atoms with E-state index in [-0.39, 0.29) is 11.2 Å². The van der Waals surface area contributed by atoms with Gasteiger partial charge in [0.2, 0.25) is 0 Å². The lowest BCUT2D eigenvalue weighted by atomic mass is 9.80. The number of rotatable bonds is 5. The smallest absolute Gasteiger partial charge is 0.337 e. The third kappa shape index (κ3) is 2.41. The van der Waals surface area contributed by atoms with Gasteiger partial charge in [0.1, 0.15) is 0 Å². The van der Waals surface area contributed by atoms with Crippen LogP contribution in [0.25, 0.3) is 0 Å². The average molecular weight is 250 g/mol. The zero-order valence-corrected chi connectivity index (χ0v) is 10.4. The Labute approximate surface area is 106 Å². The molecule has 1 saturated carbocycles. The monoisotopic (exact) mass is 250 g/mol. The van der Waals surface area contributed by atoms with E-state index in [0.29, 0.717) is 17.9 Å². The fourth-order valence-corrected chi connectivity index (χ4v) is 2.18. The highest BCUT2D eigenvalue weighted by atomic mass is 16.5. The summed E-state index contributed by atoms with van der Waals surface area (Å²) in [6, 6.07) is 4.75. The Morgan fingerprint density at radius 3 is 2.78 bits per heavy atom. The number of hydrogen-bond donors (Lipinski definition) is 3. The summed E-state index contributed by atoms with van der Waals surface area (Å²) in [6.45, 7) is 0.604. The van der Waals surface area contributed by atoms with Crippen LogP contribution in [-0.4, -0.2) is 30.3 Å². The summed E-state index contributed by atoms with van der Waals surface area (Å²) in [5.74, 6) is -0.961. The molecule has 2 rings (SSSR count). The van der Waals surface area contributed by atoms with E-state index < -0.39 is 5.97 Å². The molecule has 1 aliphatic rings. The van der Waals surface area contributed by atoms with Gasteiger partial charge in [-0.2, -0.15) is 0 Å². The molecule has 18 heavy (non-hydrogen) atoms. The lowest BCUT2D eigenvalue weighted by molar-refractivity contribution is -0.0601. The predicted octanol–water partition coefficient (Wildman–Crippen LogP) is 1.95. The molecule has 0 aliphatic heterocycles. The van der Waals surface area contributed by atoms with Crippen molar-refractivity contribution in [1.82, 2.24) is 0 Å². The molecule has 0 aromatic heterocycles. The fourth-order valence-electron chi connectivity index (χ4n) is 2.18. The summed E-state index contributed by atoms with van der Waals surface area (Å²) in [7, 11) is 1.69. The van der Waals surface area contributed by atoms with Gasteiger partial charge in [0.05, 0.1) is 16.9 Å². The second-order valence-electron chi connectivity index (χ2n) is 4.70. The van der Waals surface area contributed by atoms with Crippen LogP contribution in [0.3, 0.4) is 0 Å². The zero-order chi connectivity index (χ0) is 13.2. The van der Waals surface area contributed by atoms with E-state index in [2.05, 4.69) is 5.32 Å². The molecular formula is C13H18N2O3. The number of carboxylic acids is 1. The number of nitrogens with one attached hydrogen (secondary N) is 1. The topological polar surface area (TPSA) is 84.6 Å². The molecule has 0 radical (unpaired) electrons. The molecule has 0 atom stereocenters. The van der Waals surface area contributed by atoms with Gasteiger partial charge in [-0.3, -0.25) is 0 Å². The van der Waals surface area contributed by atoms with Gasteiger partial charge >= 0.3 is 5.97 Å². The molecule has 1 fully saturated rings. The first-order valence-corrected chi connectivity index (χ1v) is 5.98. The maximum Gasteiger partial charge on any atom is 0.337 e. The number of carboxylic acid groups (broad SMARTS) is 1. The highest BCUT2D eigenvalue weighted by molar-refractivity contribution is 5.95. The lowest BCUT2D eigenvalue weighted by Crippen LogP contribution is -2.45. The summed E-state index contributed by atoms with van der Waals surface area (Å²) >= 11 is 0. The maximum absolute atomic E-state index is 11.1. The quantitative estimate of drug-likeness (QED) is 0.695. The Morgan fingerprint density at radius 2 is 2.28 bits per heavy atom. The first kappa shape index (κ1) is 12.7. The van der Waals surface area contributed by atoms with E-state index in [1.54, 1.807) is 19.2 Å². The van der Waals surface area contributed by atoms with E-state index in [9.17, 15) is 4.79 Å². The summed E-state index contributed by atoms with van der Waals surface area (Å²) in [4.78, 5) is 11.1. The van der Waals surface area contributed by atoms with Crippen molar-refractivity contribution in [2.75, 3.05) is 24.7 Å².